The summed E-state index contributed by atoms with van der Waals surface area (Å²) in [7, 11) is 0. The van der Waals surface area contributed by atoms with Crippen LogP contribution in [0.5, 0.6) is 0 Å². The Hall–Kier alpha value is -2.44. The third-order valence-corrected chi connectivity index (χ3v) is 4.49. The molecule has 2 aromatic carbocycles. The molecule has 1 heterocycles. The van der Waals surface area contributed by atoms with Gasteiger partial charge in [-0.25, -0.2) is 0 Å². The second-order valence-electron chi connectivity index (χ2n) is 5.80. The molecule has 0 saturated carbocycles. The highest BCUT2D eigenvalue weighted by atomic mass is 79.9. The third kappa shape index (κ3) is 4.03. The second kappa shape index (κ2) is 7.43. The summed E-state index contributed by atoms with van der Waals surface area (Å²) in [5, 5.41) is 6.55. The first kappa shape index (κ1) is 18.4. The molecule has 2 N–H and O–H groups in total. The number of amides is 2. The number of rotatable bonds is 3. The van der Waals surface area contributed by atoms with Crippen molar-refractivity contribution in [2.75, 3.05) is 10.6 Å². The predicted octanol–water partition coefficient (Wildman–Crippen LogP) is 5.17. The van der Waals surface area contributed by atoms with Crippen LogP contribution in [0.2, 0.25) is 5.02 Å². The van der Waals surface area contributed by atoms with Crippen molar-refractivity contribution >= 4 is 61.6 Å². The average Bonchev–Trinajstić information content (AvgIpc) is 2.55. The maximum atomic E-state index is 12.8. The van der Waals surface area contributed by atoms with Gasteiger partial charge in [0.25, 0.3) is 5.91 Å². The molecular formula is C19H15BrClN3O2. The molecule has 0 unspecified atom stereocenters. The summed E-state index contributed by atoms with van der Waals surface area (Å²) in [5.74, 6) is -0.472. The summed E-state index contributed by atoms with van der Waals surface area (Å²) in [6.07, 6.45) is 0. The molecule has 1 aromatic heterocycles. The molecule has 7 heteroatoms. The number of nitrogens with zero attached hydrogens (tertiary/aromatic N) is 1. The average molecular weight is 433 g/mol. The normalized spacial score (nSPS) is 10.6. The van der Waals surface area contributed by atoms with Crippen molar-refractivity contribution in [1.82, 2.24) is 4.98 Å². The van der Waals surface area contributed by atoms with Crippen molar-refractivity contribution in [2.24, 2.45) is 0 Å². The zero-order valence-electron chi connectivity index (χ0n) is 14.1. The number of nitrogens with one attached hydrogen (secondary N) is 2. The number of aromatic nitrogens is 1. The topological polar surface area (TPSA) is 71.1 Å². The van der Waals surface area contributed by atoms with Gasteiger partial charge in [0.1, 0.15) is 0 Å². The summed E-state index contributed by atoms with van der Waals surface area (Å²) in [6, 6.07) is 12.2. The maximum Gasteiger partial charge on any atom is 0.256 e. The van der Waals surface area contributed by atoms with Gasteiger partial charge in [0.05, 0.1) is 21.8 Å². The molecule has 0 aliphatic heterocycles. The molecule has 3 aromatic rings. The molecule has 26 heavy (non-hydrogen) atoms. The van der Waals surface area contributed by atoms with Crippen LogP contribution in [0.3, 0.4) is 0 Å². The van der Waals surface area contributed by atoms with E-state index < -0.39 is 0 Å². The quantitative estimate of drug-likeness (QED) is 0.600. The summed E-state index contributed by atoms with van der Waals surface area (Å²) < 4.78 is 0.895. The molecule has 0 bridgehead atoms. The van der Waals surface area contributed by atoms with E-state index >= 15 is 0 Å². The molecule has 2 amide bonds. The van der Waals surface area contributed by atoms with Crippen molar-refractivity contribution in [3.8, 4) is 0 Å². The molecule has 0 aliphatic rings. The summed E-state index contributed by atoms with van der Waals surface area (Å²) in [4.78, 5) is 28.4. The van der Waals surface area contributed by atoms with Crippen LogP contribution in [0, 0.1) is 6.92 Å². The van der Waals surface area contributed by atoms with Crippen molar-refractivity contribution in [2.45, 2.75) is 13.8 Å². The SMILES string of the molecule is CC(=O)Nc1ccc(NC(=O)c2cc(C)nc3cc(Br)ccc23)c(Cl)c1. The van der Waals surface area contributed by atoms with E-state index in [2.05, 4.69) is 31.5 Å². The van der Waals surface area contributed by atoms with E-state index in [0.29, 0.717) is 22.0 Å². The lowest BCUT2D eigenvalue weighted by Gasteiger charge is -2.11. The van der Waals surface area contributed by atoms with E-state index in [0.717, 1.165) is 21.1 Å². The Morgan fingerprint density at radius 3 is 2.54 bits per heavy atom. The van der Waals surface area contributed by atoms with Crippen molar-refractivity contribution < 1.29 is 9.59 Å². The lowest BCUT2D eigenvalue weighted by molar-refractivity contribution is -0.114. The molecule has 0 fully saturated rings. The van der Waals surface area contributed by atoms with Crippen LogP contribution >= 0.6 is 27.5 Å². The highest BCUT2D eigenvalue weighted by Crippen LogP contribution is 2.28. The zero-order chi connectivity index (χ0) is 18.8. The molecule has 0 atom stereocenters. The zero-order valence-corrected chi connectivity index (χ0v) is 16.4. The van der Waals surface area contributed by atoms with Crippen LogP contribution < -0.4 is 10.6 Å². The van der Waals surface area contributed by atoms with Crippen LogP contribution in [0.15, 0.2) is 46.9 Å². The monoisotopic (exact) mass is 431 g/mol. The fraction of sp³-hybridized carbons (Fsp3) is 0.105. The van der Waals surface area contributed by atoms with E-state index in [9.17, 15) is 9.59 Å². The third-order valence-electron chi connectivity index (χ3n) is 3.68. The summed E-state index contributed by atoms with van der Waals surface area (Å²) in [6.45, 7) is 3.26. The number of fused-ring (bicyclic) bond motifs is 1. The first-order chi connectivity index (χ1) is 12.3. The standard InChI is InChI=1S/C19H15BrClN3O2/c1-10-7-15(14-5-3-12(20)8-18(14)22-10)19(26)24-17-6-4-13(9-16(17)21)23-11(2)25/h3-9H,1-2H3,(H,23,25)(H,24,26). The van der Waals surface area contributed by atoms with Gasteiger partial charge in [-0.05, 0) is 43.3 Å². The first-order valence-electron chi connectivity index (χ1n) is 7.79. The Morgan fingerprint density at radius 1 is 1.08 bits per heavy atom. The number of pyridine rings is 1. The van der Waals surface area contributed by atoms with Crippen molar-refractivity contribution in [3.05, 3.63) is 63.2 Å². The Morgan fingerprint density at radius 2 is 1.85 bits per heavy atom. The molecule has 5 nitrogen and oxygen atoms in total. The lowest BCUT2D eigenvalue weighted by atomic mass is 10.1. The molecule has 3 rings (SSSR count). The number of benzene rings is 2. The minimum Gasteiger partial charge on any atom is -0.326 e. The molecule has 132 valence electrons. The van der Waals surface area contributed by atoms with Gasteiger partial charge in [0.2, 0.25) is 5.91 Å². The summed E-state index contributed by atoms with van der Waals surface area (Å²) in [5.41, 5.74) is 3.02. The van der Waals surface area contributed by atoms with Crippen molar-refractivity contribution in [1.29, 1.82) is 0 Å². The van der Waals surface area contributed by atoms with Crippen molar-refractivity contribution in [3.63, 3.8) is 0 Å². The van der Waals surface area contributed by atoms with E-state index in [1.807, 2.05) is 25.1 Å². The van der Waals surface area contributed by atoms with E-state index in [1.165, 1.54) is 6.92 Å². The van der Waals surface area contributed by atoms with Gasteiger partial charge in [-0.15, -0.1) is 0 Å². The Bertz CT molecular complexity index is 1030. The molecule has 0 radical (unpaired) electrons. The number of anilines is 2. The van der Waals surface area contributed by atoms with Crippen LogP contribution in [0.25, 0.3) is 10.9 Å². The lowest BCUT2D eigenvalue weighted by Crippen LogP contribution is -2.14. The van der Waals surface area contributed by atoms with Crippen LogP contribution in [-0.4, -0.2) is 16.8 Å². The van der Waals surface area contributed by atoms with Gasteiger partial charge in [-0.1, -0.05) is 33.6 Å². The smallest absolute Gasteiger partial charge is 0.256 e. The molecule has 0 aliphatic carbocycles. The largest absolute Gasteiger partial charge is 0.326 e. The number of aryl methyl sites for hydroxylation is 1. The Balaban J connectivity index is 1.93. The minimum atomic E-state index is -0.281. The number of halogens is 2. The highest BCUT2D eigenvalue weighted by molar-refractivity contribution is 9.10. The minimum absolute atomic E-state index is 0.192. The van der Waals surface area contributed by atoms with Gasteiger partial charge >= 0.3 is 0 Å². The van der Waals surface area contributed by atoms with E-state index in [1.54, 1.807) is 24.3 Å². The second-order valence-corrected chi connectivity index (χ2v) is 7.13. The van der Waals surface area contributed by atoms with Gasteiger partial charge < -0.3 is 10.6 Å². The number of hydrogen-bond donors (Lipinski definition) is 2. The van der Waals surface area contributed by atoms with Crippen LogP contribution in [-0.2, 0) is 4.79 Å². The van der Waals surface area contributed by atoms with Gasteiger partial charge in [0.15, 0.2) is 0 Å². The maximum absolute atomic E-state index is 12.8. The predicted molar refractivity (Wildman–Crippen MR) is 108 cm³/mol. The molecule has 0 spiro atoms. The number of carbonyl (C=O) groups excluding carboxylic acids is 2. The van der Waals surface area contributed by atoms with Crippen LogP contribution in [0.4, 0.5) is 11.4 Å². The number of hydrogen-bond acceptors (Lipinski definition) is 3. The molecule has 0 saturated heterocycles. The fourth-order valence-electron chi connectivity index (χ4n) is 2.61. The van der Waals surface area contributed by atoms with Gasteiger partial charge in [0, 0.05) is 28.2 Å². The van der Waals surface area contributed by atoms with Gasteiger partial charge in [-0.3, -0.25) is 14.6 Å². The first-order valence-corrected chi connectivity index (χ1v) is 8.96. The fourth-order valence-corrected chi connectivity index (χ4v) is 3.19. The van der Waals surface area contributed by atoms with Gasteiger partial charge in [-0.2, -0.15) is 0 Å². The summed E-state index contributed by atoms with van der Waals surface area (Å²) >= 11 is 9.65. The van der Waals surface area contributed by atoms with Crippen LogP contribution in [0.1, 0.15) is 23.0 Å². The molecular weight excluding hydrogens is 418 g/mol. The number of carbonyl (C=O) groups is 2. The van der Waals surface area contributed by atoms with E-state index in [-0.39, 0.29) is 11.8 Å². The highest BCUT2D eigenvalue weighted by Gasteiger charge is 2.14. The van der Waals surface area contributed by atoms with E-state index in [4.69, 9.17) is 11.6 Å². The Kier molecular flexibility index (Phi) is 5.25. The Labute approximate surface area is 163 Å².